The minimum atomic E-state index is -1.14. The van der Waals surface area contributed by atoms with Crippen LogP contribution < -0.4 is 10.6 Å². The van der Waals surface area contributed by atoms with Crippen molar-refractivity contribution in [2.45, 2.75) is 12.8 Å². The maximum absolute atomic E-state index is 11.1. The minimum Gasteiger partial charge on any atom is -0.370 e. The van der Waals surface area contributed by atoms with Gasteiger partial charge in [-0.05, 0) is 12.6 Å². The number of hydrogen-bond donors (Lipinski definition) is 3. The summed E-state index contributed by atoms with van der Waals surface area (Å²) in [4.78, 5) is 11.1. The Labute approximate surface area is 82.9 Å². The van der Waals surface area contributed by atoms with Crippen LogP contribution in [-0.2, 0) is 11.3 Å². The van der Waals surface area contributed by atoms with Gasteiger partial charge in [-0.15, -0.1) is 0 Å². The van der Waals surface area contributed by atoms with Crippen molar-refractivity contribution < 1.29 is 9.90 Å². The number of amides is 1. The molecule has 0 radical (unpaired) electrons. The maximum atomic E-state index is 11.1. The Morgan fingerprint density at radius 3 is 2.64 bits per heavy atom. The van der Waals surface area contributed by atoms with Crippen molar-refractivity contribution in [2.75, 3.05) is 7.05 Å². The standard InChI is InChI=1S/C10H14N2O2/c1-11-9(13)10(14)12-7-8-5-3-2-4-6-8/h2-6,9,11,13H,7H2,1H3,(H,12,14). The van der Waals surface area contributed by atoms with E-state index in [1.807, 2.05) is 30.3 Å². The van der Waals surface area contributed by atoms with E-state index in [1.54, 1.807) is 0 Å². The summed E-state index contributed by atoms with van der Waals surface area (Å²) in [6.07, 6.45) is -1.14. The zero-order valence-electron chi connectivity index (χ0n) is 8.03. The summed E-state index contributed by atoms with van der Waals surface area (Å²) in [5, 5.41) is 14.1. The van der Waals surface area contributed by atoms with E-state index < -0.39 is 12.1 Å². The average Bonchev–Trinajstić information content (AvgIpc) is 2.26. The van der Waals surface area contributed by atoms with Gasteiger partial charge < -0.3 is 10.4 Å². The Balaban J connectivity index is 2.38. The van der Waals surface area contributed by atoms with Gasteiger partial charge in [0.05, 0.1) is 0 Å². The van der Waals surface area contributed by atoms with Crippen molar-refractivity contribution in [3.63, 3.8) is 0 Å². The molecule has 0 aliphatic heterocycles. The van der Waals surface area contributed by atoms with Gasteiger partial charge in [0, 0.05) is 6.54 Å². The SMILES string of the molecule is CNC(O)C(=O)NCc1ccccc1. The van der Waals surface area contributed by atoms with E-state index in [0.717, 1.165) is 5.56 Å². The number of carbonyl (C=O) groups excluding carboxylic acids is 1. The maximum Gasteiger partial charge on any atom is 0.264 e. The summed E-state index contributed by atoms with van der Waals surface area (Å²) < 4.78 is 0. The molecule has 1 amide bonds. The molecule has 4 heteroatoms. The van der Waals surface area contributed by atoms with Gasteiger partial charge in [0.25, 0.3) is 5.91 Å². The number of aliphatic hydroxyl groups is 1. The van der Waals surface area contributed by atoms with Crippen molar-refractivity contribution in [1.29, 1.82) is 0 Å². The van der Waals surface area contributed by atoms with Gasteiger partial charge in [-0.25, -0.2) is 0 Å². The summed E-state index contributed by atoms with van der Waals surface area (Å²) in [7, 11) is 1.52. The Kier molecular flexibility index (Phi) is 4.10. The second kappa shape index (κ2) is 5.36. The minimum absolute atomic E-state index is 0.420. The molecule has 0 aliphatic carbocycles. The van der Waals surface area contributed by atoms with Crippen molar-refractivity contribution in [1.82, 2.24) is 10.6 Å². The highest BCUT2D eigenvalue weighted by atomic mass is 16.3. The zero-order chi connectivity index (χ0) is 10.4. The molecule has 0 aliphatic rings. The predicted octanol–water partition coefficient (Wildman–Crippen LogP) is -0.159. The molecule has 3 N–H and O–H groups in total. The van der Waals surface area contributed by atoms with Crippen LogP contribution in [0.1, 0.15) is 5.56 Å². The molecule has 1 aromatic carbocycles. The summed E-state index contributed by atoms with van der Waals surface area (Å²) >= 11 is 0. The van der Waals surface area contributed by atoms with Crippen molar-refractivity contribution in [3.05, 3.63) is 35.9 Å². The molecule has 0 saturated heterocycles. The highest BCUT2D eigenvalue weighted by Gasteiger charge is 2.10. The van der Waals surface area contributed by atoms with E-state index in [-0.39, 0.29) is 0 Å². The number of likely N-dealkylation sites (N-methyl/N-ethyl adjacent to an activating group) is 1. The Morgan fingerprint density at radius 1 is 1.43 bits per heavy atom. The number of nitrogens with one attached hydrogen (secondary N) is 2. The second-order valence-corrected chi connectivity index (χ2v) is 2.89. The Hall–Kier alpha value is -1.39. The summed E-state index contributed by atoms with van der Waals surface area (Å²) in [5.41, 5.74) is 1.00. The molecule has 4 nitrogen and oxygen atoms in total. The van der Waals surface area contributed by atoms with Crippen LogP contribution in [0.3, 0.4) is 0 Å². The van der Waals surface area contributed by atoms with E-state index >= 15 is 0 Å². The number of carbonyl (C=O) groups is 1. The lowest BCUT2D eigenvalue weighted by Crippen LogP contribution is -2.41. The highest BCUT2D eigenvalue weighted by Crippen LogP contribution is 1.96. The van der Waals surface area contributed by atoms with Gasteiger partial charge in [0.1, 0.15) is 0 Å². The molecule has 0 bridgehead atoms. The number of hydrogen-bond acceptors (Lipinski definition) is 3. The van der Waals surface area contributed by atoms with Crippen LogP contribution in [0.5, 0.6) is 0 Å². The van der Waals surface area contributed by atoms with Gasteiger partial charge in [0.15, 0.2) is 6.23 Å². The second-order valence-electron chi connectivity index (χ2n) is 2.89. The van der Waals surface area contributed by atoms with E-state index in [4.69, 9.17) is 5.11 Å². The molecule has 76 valence electrons. The quantitative estimate of drug-likeness (QED) is 0.584. The fourth-order valence-corrected chi connectivity index (χ4v) is 1.01. The molecule has 0 fully saturated rings. The van der Waals surface area contributed by atoms with Crippen LogP contribution in [0.2, 0.25) is 0 Å². The first-order valence-electron chi connectivity index (χ1n) is 4.41. The predicted molar refractivity (Wildman–Crippen MR) is 53.4 cm³/mol. The molecular formula is C10H14N2O2. The molecule has 14 heavy (non-hydrogen) atoms. The molecule has 1 aromatic rings. The third kappa shape index (κ3) is 3.16. The third-order valence-electron chi connectivity index (χ3n) is 1.83. The van der Waals surface area contributed by atoms with Gasteiger partial charge in [0.2, 0.25) is 0 Å². The van der Waals surface area contributed by atoms with Crippen LogP contribution in [-0.4, -0.2) is 24.3 Å². The van der Waals surface area contributed by atoms with E-state index in [9.17, 15) is 4.79 Å². The summed E-state index contributed by atoms with van der Waals surface area (Å²) in [5.74, 6) is -0.420. The molecule has 1 rings (SSSR count). The van der Waals surface area contributed by atoms with Crippen LogP contribution in [0.15, 0.2) is 30.3 Å². The zero-order valence-corrected chi connectivity index (χ0v) is 8.03. The van der Waals surface area contributed by atoms with Crippen LogP contribution in [0.4, 0.5) is 0 Å². The van der Waals surface area contributed by atoms with Crippen LogP contribution >= 0.6 is 0 Å². The van der Waals surface area contributed by atoms with Crippen LogP contribution in [0.25, 0.3) is 0 Å². The Bertz CT molecular complexity index is 287. The van der Waals surface area contributed by atoms with Gasteiger partial charge >= 0.3 is 0 Å². The molecule has 0 aromatic heterocycles. The number of rotatable bonds is 4. The van der Waals surface area contributed by atoms with Crippen molar-refractivity contribution >= 4 is 5.91 Å². The molecular weight excluding hydrogens is 180 g/mol. The topological polar surface area (TPSA) is 61.4 Å². The van der Waals surface area contributed by atoms with Gasteiger partial charge in [-0.1, -0.05) is 30.3 Å². The Morgan fingerprint density at radius 2 is 2.07 bits per heavy atom. The lowest BCUT2D eigenvalue weighted by Gasteiger charge is -2.09. The monoisotopic (exact) mass is 194 g/mol. The first-order valence-corrected chi connectivity index (χ1v) is 4.41. The van der Waals surface area contributed by atoms with Crippen molar-refractivity contribution in [2.24, 2.45) is 0 Å². The lowest BCUT2D eigenvalue weighted by atomic mass is 10.2. The van der Waals surface area contributed by atoms with Crippen LogP contribution in [0, 0.1) is 0 Å². The average molecular weight is 194 g/mol. The third-order valence-corrected chi connectivity index (χ3v) is 1.83. The lowest BCUT2D eigenvalue weighted by molar-refractivity contribution is -0.130. The summed E-state index contributed by atoms with van der Waals surface area (Å²) in [6, 6.07) is 9.53. The fourth-order valence-electron chi connectivity index (χ4n) is 1.01. The van der Waals surface area contributed by atoms with E-state index in [0.29, 0.717) is 6.54 Å². The fraction of sp³-hybridized carbons (Fsp3) is 0.300. The molecule has 0 saturated carbocycles. The molecule has 0 spiro atoms. The highest BCUT2D eigenvalue weighted by molar-refractivity contribution is 5.79. The smallest absolute Gasteiger partial charge is 0.264 e. The molecule has 1 unspecified atom stereocenters. The van der Waals surface area contributed by atoms with Gasteiger partial charge in [-0.2, -0.15) is 0 Å². The van der Waals surface area contributed by atoms with Gasteiger partial charge in [-0.3, -0.25) is 10.1 Å². The number of benzene rings is 1. The largest absolute Gasteiger partial charge is 0.370 e. The molecule has 0 heterocycles. The number of aliphatic hydroxyl groups excluding tert-OH is 1. The van der Waals surface area contributed by atoms with E-state index in [1.165, 1.54) is 7.05 Å². The first kappa shape index (κ1) is 10.7. The first-order chi connectivity index (χ1) is 6.74. The summed E-state index contributed by atoms with van der Waals surface area (Å²) in [6.45, 7) is 0.429. The normalized spacial score (nSPS) is 12.1. The molecule has 1 atom stereocenters. The van der Waals surface area contributed by atoms with E-state index in [2.05, 4.69) is 10.6 Å². The van der Waals surface area contributed by atoms with Crippen molar-refractivity contribution in [3.8, 4) is 0 Å².